The van der Waals surface area contributed by atoms with Crippen molar-refractivity contribution in [1.82, 2.24) is 25.8 Å². The number of carbonyl (C=O) groups excluding carboxylic acids is 2. The molecule has 3 aromatic rings. The summed E-state index contributed by atoms with van der Waals surface area (Å²) in [6, 6.07) is 13.4. The van der Waals surface area contributed by atoms with Crippen molar-refractivity contribution in [2.45, 2.75) is 31.6 Å². The van der Waals surface area contributed by atoms with Crippen molar-refractivity contribution in [2.75, 3.05) is 43.0 Å². The predicted octanol–water partition coefficient (Wildman–Crippen LogP) is 2.12. The van der Waals surface area contributed by atoms with Gasteiger partial charge in [0, 0.05) is 24.7 Å². The van der Waals surface area contributed by atoms with Gasteiger partial charge in [0.25, 0.3) is 5.91 Å². The van der Waals surface area contributed by atoms with Crippen LogP contribution in [0.2, 0.25) is 0 Å². The van der Waals surface area contributed by atoms with Crippen molar-refractivity contribution in [2.24, 2.45) is 0 Å². The normalized spacial score (nSPS) is 20.3. The van der Waals surface area contributed by atoms with E-state index in [9.17, 15) is 9.59 Å². The maximum atomic E-state index is 12.5. The van der Waals surface area contributed by atoms with Crippen LogP contribution in [0.5, 0.6) is 11.5 Å². The number of cyclic esters (lactones) is 1. The Morgan fingerprint density at radius 2 is 2.13 bits per heavy atom. The Balaban J connectivity index is 1.000. The molecule has 12 heteroatoms. The van der Waals surface area contributed by atoms with E-state index in [1.54, 1.807) is 18.3 Å². The molecule has 3 aliphatic rings. The average Bonchev–Trinajstić information content (AvgIpc) is 3.60. The van der Waals surface area contributed by atoms with Gasteiger partial charge in [-0.2, -0.15) is 10.2 Å². The van der Waals surface area contributed by atoms with Gasteiger partial charge in [-0.15, -0.1) is 0 Å². The summed E-state index contributed by atoms with van der Waals surface area (Å²) >= 11 is 0. The Kier molecular flexibility index (Phi) is 7.19. The molecule has 2 atom stereocenters. The molecule has 3 aliphatic heterocycles. The summed E-state index contributed by atoms with van der Waals surface area (Å²) < 4.78 is 16.9. The van der Waals surface area contributed by atoms with Crippen LogP contribution in [0.3, 0.4) is 0 Å². The zero-order valence-electron chi connectivity index (χ0n) is 21.3. The second kappa shape index (κ2) is 11.2. The number of aromatic nitrogens is 3. The van der Waals surface area contributed by atoms with Crippen LogP contribution < -0.4 is 30.3 Å². The number of fused-ring (bicyclic) bond motifs is 1. The number of hydrogen-bond acceptors (Lipinski definition) is 10. The van der Waals surface area contributed by atoms with Crippen molar-refractivity contribution >= 4 is 23.6 Å². The highest BCUT2D eigenvalue weighted by Crippen LogP contribution is 2.30. The fraction of sp³-hybridized carbons (Fsp3) is 0.370. The molecule has 0 aliphatic carbocycles. The first kappa shape index (κ1) is 25.0. The van der Waals surface area contributed by atoms with E-state index < -0.39 is 6.09 Å². The van der Waals surface area contributed by atoms with E-state index in [2.05, 4.69) is 43.3 Å². The number of anilines is 2. The van der Waals surface area contributed by atoms with Gasteiger partial charge < -0.3 is 30.2 Å². The summed E-state index contributed by atoms with van der Waals surface area (Å²) in [5.41, 5.74) is 2.84. The standard InChI is InChI=1S/C27H29N7O5/c35-25-16-37-23-4-5-24(31-26(23)32-25)34-15-20(39-27(34)36)7-9-28-12-17-2-1-3-18(10-17)22-11-21(14-30-33-22)38-19-6-8-29-13-19/h1-5,10-11,14,19-20,28-29H,6-9,12-13,15-16H2,(H,31,32,35)/t19-,20+/m1/s1. The fourth-order valence-corrected chi connectivity index (χ4v) is 4.77. The minimum Gasteiger partial charge on any atom is -0.487 e. The molecule has 1 aromatic carbocycles. The molecule has 0 unspecified atom stereocenters. The van der Waals surface area contributed by atoms with Crippen LogP contribution in [-0.4, -0.2) is 72.2 Å². The zero-order valence-corrected chi connectivity index (χ0v) is 21.3. The molecule has 5 heterocycles. The molecule has 2 aromatic heterocycles. The Morgan fingerprint density at radius 1 is 1.18 bits per heavy atom. The number of ether oxygens (including phenoxy) is 3. The lowest BCUT2D eigenvalue weighted by molar-refractivity contribution is -0.118. The molecule has 0 radical (unpaired) electrons. The molecule has 3 N–H and O–H groups in total. The Labute approximate surface area is 225 Å². The van der Waals surface area contributed by atoms with Gasteiger partial charge in [-0.3, -0.25) is 9.69 Å². The zero-order chi connectivity index (χ0) is 26.6. The van der Waals surface area contributed by atoms with Gasteiger partial charge in [0.2, 0.25) is 0 Å². The third-order valence-corrected chi connectivity index (χ3v) is 6.75. The lowest BCUT2D eigenvalue weighted by atomic mass is 10.1. The molecule has 202 valence electrons. The van der Waals surface area contributed by atoms with Crippen molar-refractivity contribution < 1.29 is 23.8 Å². The van der Waals surface area contributed by atoms with Gasteiger partial charge in [-0.05, 0) is 49.7 Å². The van der Waals surface area contributed by atoms with Crippen LogP contribution in [0.4, 0.5) is 16.4 Å². The lowest BCUT2D eigenvalue weighted by Crippen LogP contribution is -2.29. The highest BCUT2D eigenvalue weighted by atomic mass is 16.6. The van der Waals surface area contributed by atoms with E-state index >= 15 is 0 Å². The van der Waals surface area contributed by atoms with Crippen molar-refractivity contribution in [3.05, 3.63) is 54.2 Å². The van der Waals surface area contributed by atoms with Crippen LogP contribution >= 0.6 is 0 Å². The first-order valence-corrected chi connectivity index (χ1v) is 13.0. The Bertz CT molecular complexity index is 1360. The molecule has 39 heavy (non-hydrogen) atoms. The Hall–Kier alpha value is -4.29. The summed E-state index contributed by atoms with van der Waals surface area (Å²) in [6.45, 7) is 3.46. The fourth-order valence-electron chi connectivity index (χ4n) is 4.77. The SMILES string of the molecule is O=C1COc2ccc(N3C[C@H](CCNCc4cccc(-c5cc(O[C@@H]6CCNC6)cnn5)c4)OC3=O)nc2N1. The molecule has 0 spiro atoms. The van der Waals surface area contributed by atoms with Crippen molar-refractivity contribution in [3.8, 4) is 22.8 Å². The number of amides is 2. The van der Waals surface area contributed by atoms with E-state index in [-0.39, 0.29) is 24.7 Å². The smallest absolute Gasteiger partial charge is 0.415 e. The van der Waals surface area contributed by atoms with Crippen LogP contribution in [-0.2, 0) is 16.1 Å². The highest BCUT2D eigenvalue weighted by Gasteiger charge is 2.33. The number of nitrogens with zero attached hydrogens (tertiary/aromatic N) is 4. The quantitative estimate of drug-likeness (QED) is 0.352. The second-order valence-corrected chi connectivity index (χ2v) is 9.64. The monoisotopic (exact) mass is 531 g/mol. The van der Waals surface area contributed by atoms with Gasteiger partial charge in [-0.1, -0.05) is 18.2 Å². The molecule has 2 fully saturated rings. The maximum absolute atomic E-state index is 12.5. The lowest BCUT2D eigenvalue weighted by Gasteiger charge is -2.19. The summed E-state index contributed by atoms with van der Waals surface area (Å²) in [6.07, 6.45) is 2.71. The van der Waals surface area contributed by atoms with Crippen molar-refractivity contribution in [3.63, 3.8) is 0 Å². The summed E-state index contributed by atoms with van der Waals surface area (Å²) in [4.78, 5) is 29.9. The second-order valence-electron chi connectivity index (χ2n) is 9.64. The summed E-state index contributed by atoms with van der Waals surface area (Å²) in [5.74, 6) is 1.64. The first-order valence-electron chi connectivity index (χ1n) is 13.0. The minimum absolute atomic E-state index is 0.0477. The van der Waals surface area contributed by atoms with E-state index in [1.807, 2.05) is 18.2 Å². The van der Waals surface area contributed by atoms with Crippen LogP contribution in [0, 0.1) is 0 Å². The van der Waals surface area contributed by atoms with E-state index in [1.165, 1.54) is 4.90 Å². The molecule has 0 bridgehead atoms. The van der Waals surface area contributed by atoms with E-state index in [4.69, 9.17) is 14.2 Å². The minimum atomic E-state index is -0.459. The average molecular weight is 532 g/mol. The number of benzene rings is 1. The number of rotatable bonds is 9. The molecule has 12 nitrogen and oxygen atoms in total. The van der Waals surface area contributed by atoms with Crippen LogP contribution in [0.15, 0.2) is 48.7 Å². The third-order valence-electron chi connectivity index (χ3n) is 6.75. The maximum Gasteiger partial charge on any atom is 0.415 e. The molecule has 6 rings (SSSR count). The Morgan fingerprint density at radius 3 is 3.03 bits per heavy atom. The largest absolute Gasteiger partial charge is 0.487 e. The molecular formula is C27H29N7O5. The van der Waals surface area contributed by atoms with Gasteiger partial charge in [0.05, 0.1) is 18.4 Å². The number of hydrogen-bond donors (Lipinski definition) is 3. The third kappa shape index (κ3) is 5.91. The van der Waals surface area contributed by atoms with Crippen molar-refractivity contribution in [1.29, 1.82) is 0 Å². The number of pyridine rings is 1. The van der Waals surface area contributed by atoms with Gasteiger partial charge in [-0.25, -0.2) is 9.78 Å². The molecule has 0 saturated carbocycles. The first-order chi connectivity index (χ1) is 19.1. The highest BCUT2D eigenvalue weighted by molar-refractivity contribution is 5.95. The van der Waals surface area contributed by atoms with Gasteiger partial charge in [0.15, 0.2) is 18.2 Å². The van der Waals surface area contributed by atoms with E-state index in [0.717, 1.165) is 42.1 Å². The number of carbonyl (C=O) groups is 2. The van der Waals surface area contributed by atoms with Crippen LogP contribution in [0.25, 0.3) is 11.3 Å². The molecule has 2 amide bonds. The predicted molar refractivity (Wildman–Crippen MR) is 142 cm³/mol. The van der Waals surface area contributed by atoms with Gasteiger partial charge >= 0.3 is 6.09 Å². The number of nitrogens with one attached hydrogen (secondary N) is 3. The summed E-state index contributed by atoms with van der Waals surface area (Å²) in [5, 5.41) is 17.8. The molecular weight excluding hydrogens is 502 g/mol. The molecule has 2 saturated heterocycles. The van der Waals surface area contributed by atoms with Gasteiger partial charge in [0.1, 0.15) is 23.8 Å². The van der Waals surface area contributed by atoms with Crippen LogP contribution in [0.1, 0.15) is 18.4 Å². The van der Waals surface area contributed by atoms with E-state index in [0.29, 0.717) is 43.4 Å². The topological polar surface area (TPSA) is 140 Å². The summed E-state index contributed by atoms with van der Waals surface area (Å²) in [7, 11) is 0.